The molecule has 9 nitrogen and oxygen atoms in total. The Morgan fingerprint density at radius 2 is 1.44 bits per heavy atom. The normalized spacial score (nSPS) is 21.2. The molecule has 1 aromatic carbocycles. The number of carboxylic acid groups (broad SMARTS) is 2. The van der Waals surface area contributed by atoms with E-state index >= 15 is 0 Å². The highest BCUT2D eigenvalue weighted by Crippen LogP contribution is 2.38. The number of alkyl halides is 6. The van der Waals surface area contributed by atoms with E-state index in [1.165, 1.54) is 0 Å². The van der Waals surface area contributed by atoms with Gasteiger partial charge in [-0.15, -0.1) is 0 Å². The zero-order valence-corrected chi connectivity index (χ0v) is 19.6. The van der Waals surface area contributed by atoms with Gasteiger partial charge >= 0.3 is 24.3 Å². The molecular weight excluding hydrogens is 557 g/mol. The molecule has 1 fully saturated rings. The summed E-state index contributed by atoms with van der Waals surface area (Å²) in [6.45, 7) is 1.46. The highest BCUT2D eigenvalue weighted by Gasteiger charge is 2.39. The third kappa shape index (κ3) is 8.22. The molecule has 2 heterocycles. The summed E-state index contributed by atoms with van der Waals surface area (Å²) in [6.07, 6.45) is -8.05. The van der Waals surface area contributed by atoms with Crippen molar-refractivity contribution in [2.24, 2.45) is 5.73 Å². The molecule has 1 aliphatic carbocycles. The Balaban J connectivity index is 0.000000317. The number of benzene rings is 1. The second-order valence-electron chi connectivity index (χ2n) is 8.60. The summed E-state index contributed by atoms with van der Waals surface area (Å²) in [6, 6.07) is 1.49. The number of H-pyrrole nitrogens is 1. The zero-order valence-electron chi connectivity index (χ0n) is 19.6. The van der Waals surface area contributed by atoms with Gasteiger partial charge in [-0.3, -0.25) is 10.00 Å². The third-order valence-corrected chi connectivity index (χ3v) is 6.02. The molecule has 39 heavy (non-hydrogen) atoms. The van der Waals surface area contributed by atoms with Gasteiger partial charge in [0, 0.05) is 42.7 Å². The molecule has 3 atom stereocenters. The van der Waals surface area contributed by atoms with Crippen LogP contribution in [0.15, 0.2) is 12.1 Å². The van der Waals surface area contributed by atoms with E-state index in [9.17, 15) is 39.5 Å². The first-order valence-electron chi connectivity index (χ1n) is 10.9. The number of carbonyl (C=O) groups is 2. The first-order valence-corrected chi connectivity index (χ1v) is 10.9. The topological polar surface area (TPSA) is 159 Å². The van der Waals surface area contributed by atoms with Crippen molar-refractivity contribution in [2.75, 3.05) is 5.73 Å². The smallest absolute Gasteiger partial charge is 0.475 e. The lowest BCUT2D eigenvalue weighted by Crippen LogP contribution is -2.44. The van der Waals surface area contributed by atoms with Crippen LogP contribution in [-0.2, 0) is 22.7 Å². The fourth-order valence-electron chi connectivity index (χ4n) is 4.17. The summed E-state index contributed by atoms with van der Waals surface area (Å²) in [7, 11) is 0. The lowest BCUT2D eigenvalue weighted by atomic mass is 9.77. The van der Waals surface area contributed by atoms with Gasteiger partial charge in [0.1, 0.15) is 11.6 Å². The molecule has 4 rings (SSSR count). The van der Waals surface area contributed by atoms with Gasteiger partial charge in [-0.05, 0) is 30.9 Å². The van der Waals surface area contributed by atoms with Gasteiger partial charge in [-0.2, -0.15) is 31.4 Å². The third-order valence-electron chi connectivity index (χ3n) is 6.02. The standard InChI is InChI=1S/C17H20F3N5.2C2HF3O2/c18-12-5-14(20)13(19)4-10(12)9-2-1-8(3-15(9)21)25-6-11-16(7-25)23-24-17(11)22;2*3-2(4,5)1(6)7/h4-5,8-9,15H,1-3,6-7,21H2,(H3,22,23,24);2*(H,6,7)/t8-,9+,15-;;/m0../s1. The lowest BCUT2D eigenvalue weighted by molar-refractivity contribution is -0.193. The second kappa shape index (κ2) is 12.1. The van der Waals surface area contributed by atoms with Crippen molar-refractivity contribution in [2.45, 2.75) is 62.7 Å². The number of rotatable bonds is 2. The summed E-state index contributed by atoms with van der Waals surface area (Å²) in [5.41, 5.74) is 14.4. The number of nitrogens with two attached hydrogens (primary N) is 2. The van der Waals surface area contributed by atoms with Gasteiger partial charge in [0.25, 0.3) is 0 Å². The SMILES string of the molecule is Nc1n[nH]c2c1CN([C@H]1CC[C@H](c3cc(F)c(F)cc3F)[C@@H](N)C1)C2.O=C(O)C(F)(F)F.O=C(O)C(F)(F)F. The highest BCUT2D eigenvalue weighted by atomic mass is 19.4. The van der Waals surface area contributed by atoms with Crippen molar-refractivity contribution < 1.29 is 59.3 Å². The van der Waals surface area contributed by atoms with E-state index in [2.05, 4.69) is 15.1 Å². The Hall–Kier alpha value is -3.54. The first kappa shape index (κ1) is 31.7. The van der Waals surface area contributed by atoms with Gasteiger partial charge in [0.15, 0.2) is 11.6 Å². The summed E-state index contributed by atoms with van der Waals surface area (Å²) >= 11 is 0. The number of carboxylic acids is 2. The molecule has 0 spiro atoms. The fourth-order valence-corrected chi connectivity index (χ4v) is 4.17. The van der Waals surface area contributed by atoms with Gasteiger partial charge in [-0.25, -0.2) is 22.8 Å². The number of nitrogens with zero attached hydrogens (tertiary/aromatic N) is 2. The molecule has 1 saturated carbocycles. The number of hydrogen-bond donors (Lipinski definition) is 5. The summed E-state index contributed by atoms with van der Waals surface area (Å²) in [5.74, 6) is -8.23. The maximum Gasteiger partial charge on any atom is 0.490 e. The zero-order chi connectivity index (χ0) is 29.9. The second-order valence-corrected chi connectivity index (χ2v) is 8.60. The molecule has 1 aliphatic heterocycles. The average Bonchev–Trinajstić information content (AvgIpc) is 3.38. The van der Waals surface area contributed by atoms with E-state index in [1.54, 1.807) is 0 Å². The van der Waals surface area contributed by atoms with E-state index in [1.807, 2.05) is 0 Å². The molecule has 2 aromatic rings. The lowest BCUT2D eigenvalue weighted by Gasteiger charge is -2.38. The molecule has 1 aromatic heterocycles. The molecule has 0 bridgehead atoms. The largest absolute Gasteiger partial charge is 0.490 e. The van der Waals surface area contributed by atoms with Gasteiger partial charge in [0.05, 0.1) is 5.69 Å². The van der Waals surface area contributed by atoms with Crippen LogP contribution < -0.4 is 11.5 Å². The fraction of sp³-hybridized carbons (Fsp3) is 0.476. The van der Waals surface area contributed by atoms with Crippen LogP contribution in [0.3, 0.4) is 0 Å². The van der Waals surface area contributed by atoms with Crippen LogP contribution in [0.5, 0.6) is 0 Å². The quantitative estimate of drug-likeness (QED) is 0.267. The Kier molecular flexibility index (Phi) is 9.83. The van der Waals surface area contributed by atoms with Gasteiger partial charge in [0.2, 0.25) is 0 Å². The van der Waals surface area contributed by atoms with Crippen LogP contribution in [0.25, 0.3) is 0 Å². The number of nitrogens with one attached hydrogen (secondary N) is 1. The number of hydrogen-bond acceptors (Lipinski definition) is 6. The van der Waals surface area contributed by atoms with Crippen LogP contribution in [0.4, 0.5) is 45.3 Å². The molecule has 2 aliphatic rings. The predicted octanol–water partition coefficient (Wildman–Crippen LogP) is 3.66. The minimum atomic E-state index is -5.08. The van der Waals surface area contributed by atoms with Crippen molar-refractivity contribution in [1.82, 2.24) is 15.1 Å². The Labute approximate surface area is 213 Å². The molecule has 218 valence electrons. The van der Waals surface area contributed by atoms with E-state index in [0.717, 1.165) is 36.8 Å². The Morgan fingerprint density at radius 1 is 0.923 bits per heavy atom. The van der Waals surface area contributed by atoms with Crippen LogP contribution >= 0.6 is 0 Å². The summed E-state index contributed by atoms with van der Waals surface area (Å²) in [5, 5.41) is 21.2. The maximum atomic E-state index is 14.1. The van der Waals surface area contributed by atoms with E-state index < -0.39 is 41.7 Å². The number of halogens is 9. The van der Waals surface area contributed by atoms with Crippen LogP contribution in [0, 0.1) is 17.5 Å². The summed E-state index contributed by atoms with van der Waals surface area (Å²) in [4.78, 5) is 20.1. The first-order chi connectivity index (χ1) is 17.8. The monoisotopic (exact) mass is 579 g/mol. The summed E-state index contributed by atoms with van der Waals surface area (Å²) < 4.78 is 104. The molecule has 0 unspecified atom stereocenters. The van der Waals surface area contributed by atoms with E-state index in [0.29, 0.717) is 24.7 Å². The predicted molar refractivity (Wildman–Crippen MR) is 114 cm³/mol. The molecule has 0 amide bonds. The number of fused-ring (bicyclic) bond motifs is 1. The maximum absolute atomic E-state index is 14.1. The molecule has 7 N–H and O–H groups in total. The van der Waals surface area contributed by atoms with Crippen molar-refractivity contribution >= 4 is 17.8 Å². The van der Waals surface area contributed by atoms with Crippen LogP contribution in [-0.4, -0.2) is 61.7 Å². The molecule has 18 heteroatoms. The minimum Gasteiger partial charge on any atom is -0.475 e. The van der Waals surface area contributed by atoms with Gasteiger partial charge < -0.3 is 21.7 Å². The van der Waals surface area contributed by atoms with Crippen molar-refractivity contribution in [3.05, 3.63) is 46.4 Å². The van der Waals surface area contributed by atoms with Crippen molar-refractivity contribution in [3.8, 4) is 0 Å². The Bertz CT molecular complexity index is 1160. The highest BCUT2D eigenvalue weighted by molar-refractivity contribution is 5.73. The minimum absolute atomic E-state index is 0.171. The number of anilines is 1. The number of aromatic amines is 1. The van der Waals surface area contributed by atoms with Crippen molar-refractivity contribution in [3.63, 3.8) is 0 Å². The molecular formula is C21H22F9N5O4. The van der Waals surface area contributed by atoms with Crippen LogP contribution in [0.2, 0.25) is 0 Å². The number of aliphatic carboxylic acids is 2. The number of aromatic nitrogens is 2. The van der Waals surface area contributed by atoms with E-state index in [-0.39, 0.29) is 23.6 Å². The number of nitrogen functional groups attached to an aromatic ring is 1. The molecule has 0 saturated heterocycles. The van der Waals surface area contributed by atoms with E-state index in [4.69, 9.17) is 31.3 Å². The molecule has 0 radical (unpaired) electrons. The van der Waals surface area contributed by atoms with Gasteiger partial charge in [-0.1, -0.05) is 0 Å². The average molecular weight is 579 g/mol. The van der Waals surface area contributed by atoms with Crippen LogP contribution in [0.1, 0.15) is 42.0 Å². The van der Waals surface area contributed by atoms with Crippen molar-refractivity contribution in [1.29, 1.82) is 0 Å². The Morgan fingerprint density at radius 3 is 1.90 bits per heavy atom.